The third-order valence-electron chi connectivity index (χ3n) is 3.79. The van der Waals surface area contributed by atoms with Crippen molar-refractivity contribution in [1.82, 2.24) is 9.78 Å². The van der Waals surface area contributed by atoms with Crippen molar-refractivity contribution in [3.8, 4) is 5.69 Å². The number of hydrogen-bond donors (Lipinski definition) is 0. The maximum atomic E-state index is 12.3. The first-order chi connectivity index (χ1) is 9.37. The third-order valence-corrected chi connectivity index (χ3v) is 4.04. The van der Waals surface area contributed by atoms with E-state index in [-0.39, 0.29) is 11.2 Å². The first kappa shape index (κ1) is 13.4. The highest BCUT2D eigenvalue weighted by atomic mass is 35.5. The largest absolute Gasteiger partial charge is 0.294 e. The summed E-state index contributed by atoms with van der Waals surface area (Å²) in [7, 11) is 0. The molecule has 3 rings (SSSR count). The van der Waals surface area contributed by atoms with Gasteiger partial charge in [0, 0.05) is 11.4 Å². The van der Waals surface area contributed by atoms with Crippen LogP contribution in [0.25, 0.3) is 5.69 Å². The van der Waals surface area contributed by atoms with E-state index in [9.17, 15) is 4.79 Å². The first-order valence-electron chi connectivity index (χ1n) is 6.75. The molecule has 0 unspecified atom stereocenters. The number of carbonyl (C=O) groups is 1. The van der Waals surface area contributed by atoms with Gasteiger partial charge in [-0.1, -0.05) is 25.4 Å². The lowest BCUT2D eigenvalue weighted by molar-refractivity contribution is 0.0910. The zero-order chi connectivity index (χ0) is 14.5. The van der Waals surface area contributed by atoms with Gasteiger partial charge in [0.15, 0.2) is 5.78 Å². The summed E-state index contributed by atoms with van der Waals surface area (Å²) in [5.41, 5.74) is 3.57. The van der Waals surface area contributed by atoms with Crippen molar-refractivity contribution in [2.24, 2.45) is 5.41 Å². The molecule has 20 heavy (non-hydrogen) atoms. The third kappa shape index (κ3) is 2.16. The maximum absolute atomic E-state index is 12.3. The van der Waals surface area contributed by atoms with Gasteiger partial charge in [0.25, 0.3) is 0 Å². The summed E-state index contributed by atoms with van der Waals surface area (Å²) < 4.78 is 1.89. The van der Waals surface area contributed by atoms with Gasteiger partial charge in [0.1, 0.15) is 0 Å². The van der Waals surface area contributed by atoms with Crippen LogP contribution in [0.3, 0.4) is 0 Å². The Labute approximate surface area is 123 Å². The fourth-order valence-corrected chi connectivity index (χ4v) is 3.06. The van der Waals surface area contributed by atoms with Crippen LogP contribution in [-0.4, -0.2) is 15.6 Å². The molecule has 0 aliphatic heterocycles. The van der Waals surface area contributed by atoms with Gasteiger partial charge < -0.3 is 0 Å². The molecule has 1 aliphatic carbocycles. The number of benzene rings is 1. The number of rotatable bonds is 1. The minimum absolute atomic E-state index is 0.0132. The van der Waals surface area contributed by atoms with Crippen LogP contribution in [0.15, 0.2) is 24.3 Å². The molecule has 104 valence electrons. The van der Waals surface area contributed by atoms with Crippen LogP contribution in [0, 0.1) is 12.3 Å². The molecule has 4 heteroatoms. The fraction of sp³-hybridized carbons (Fsp3) is 0.375. The maximum Gasteiger partial charge on any atom is 0.167 e. The summed E-state index contributed by atoms with van der Waals surface area (Å²) in [6.45, 7) is 6.16. The van der Waals surface area contributed by atoms with Crippen molar-refractivity contribution >= 4 is 17.4 Å². The number of Topliss-reactive ketones (excluding diaryl/α,β-unsaturated/α-hetero) is 1. The molecule has 0 bridgehead atoms. The average Bonchev–Trinajstić information content (AvgIpc) is 2.66. The summed E-state index contributed by atoms with van der Waals surface area (Å²) in [5.74, 6) is 0.203. The number of halogens is 1. The van der Waals surface area contributed by atoms with Crippen LogP contribution in [-0.2, 0) is 6.42 Å². The topological polar surface area (TPSA) is 34.9 Å². The summed E-state index contributed by atoms with van der Waals surface area (Å²) >= 11 is 5.93. The normalized spacial score (nSPS) is 17.1. The Kier molecular flexibility index (Phi) is 2.98. The van der Waals surface area contributed by atoms with Crippen LogP contribution < -0.4 is 0 Å². The Morgan fingerprint density at radius 1 is 1.20 bits per heavy atom. The predicted molar refractivity (Wildman–Crippen MR) is 79.7 cm³/mol. The number of nitrogens with zero attached hydrogens (tertiary/aromatic N) is 2. The van der Waals surface area contributed by atoms with Gasteiger partial charge in [-0.3, -0.25) is 4.79 Å². The van der Waals surface area contributed by atoms with Gasteiger partial charge in [-0.2, -0.15) is 5.10 Å². The van der Waals surface area contributed by atoms with E-state index in [0.717, 1.165) is 29.1 Å². The molecule has 0 N–H and O–H groups in total. The minimum Gasteiger partial charge on any atom is -0.294 e. The van der Waals surface area contributed by atoms with Crippen molar-refractivity contribution < 1.29 is 4.79 Å². The summed E-state index contributed by atoms with van der Waals surface area (Å²) in [5, 5.41) is 5.26. The van der Waals surface area contributed by atoms with E-state index in [2.05, 4.69) is 18.9 Å². The van der Waals surface area contributed by atoms with Gasteiger partial charge in [0.05, 0.1) is 22.6 Å². The lowest BCUT2D eigenvalue weighted by Crippen LogP contribution is -2.28. The Balaban J connectivity index is 2.17. The molecule has 1 aromatic heterocycles. The standard InChI is InChI=1S/C16H17ClN2O/c1-10-15-13(8-16(2,3)9-14(15)20)19(18-10)12-6-4-11(17)5-7-12/h4-7H,8-9H2,1-3H3. The molecule has 0 saturated carbocycles. The van der Waals surface area contributed by atoms with Gasteiger partial charge in [-0.15, -0.1) is 0 Å². The van der Waals surface area contributed by atoms with Crippen LogP contribution in [0.2, 0.25) is 5.02 Å². The highest BCUT2D eigenvalue weighted by molar-refractivity contribution is 6.30. The molecule has 3 nitrogen and oxygen atoms in total. The predicted octanol–water partition coefficient (Wildman–Crippen LogP) is 3.99. The molecule has 1 aliphatic rings. The molecule has 0 spiro atoms. The van der Waals surface area contributed by atoms with Gasteiger partial charge in [0.2, 0.25) is 0 Å². The molecule has 0 amide bonds. The molecule has 1 heterocycles. The number of ketones is 1. The molecule has 2 aromatic rings. The fourth-order valence-electron chi connectivity index (χ4n) is 2.94. The van der Waals surface area contributed by atoms with Crippen LogP contribution in [0.1, 0.15) is 42.0 Å². The van der Waals surface area contributed by atoms with Crippen LogP contribution >= 0.6 is 11.6 Å². The second-order valence-electron chi connectivity index (χ2n) is 6.24. The van der Waals surface area contributed by atoms with Crippen LogP contribution in [0.4, 0.5) is 0 Å². The Hall–Kier alpha value is -1.61. The molecular weight excluding hydrogens is 272 g/mol. The second-order valence-corrected chi connectivity index (χ2v) is 6.67. The molecule has 0 saturated heterocycles. The molecular formula is C16H17ClN2O. The van der Waals surface area contributed by atoms with Gasteiger partial charge in [-0.25, -0.2) is 4.68 Å². The van der Waals surface area contributed by atoms with E-state index in [0.29, 0.717) is 11.4 Å². The molecule has 0 fully saturated rings. The Bertz CT molecular complexity index is 683. The molecule has 0 radical (unpaired) electrons. The number of aromatic nitrogens is 2. The second kappa shape index (κ2) is 4.45. The number of fused-ring (bicyclic) bond motifs is 1. The van der Waals surface area contributed by atoms with Crippen molar-refractivity contribution in [1.29, 1.82) is 0 Å². The molecule has 1 aromatic carbocycles. The highest BCUT2D eigenvalue weighted by Crippen LogP contribution is 2.36. The van der Waals surface area contributed by atoms with E-state index in [1.54, 1.807) is 0 Å². The van der Waals surface area contributed by atoms with Crippen molar-refractivity contribution in [3.05, 3.63) is 46.2 Å². The zero-order valence-corrected chi connectivity index (χ0v) is 12.7. The van der Waals surface area contributed by atoms with E-state index in [4.69, 9.17) is 11.6 Å². The lowest BCUT2D eigenvalue weighted by atomic mass is 9.75. The lowest BCUT2D eigenvalue weighted by Gasteiger charge is -2.29. The number of aryl methyl sites for hydroxylation is 1. The molecule has 0 atom stereocenters. The van der Waals surface area contributed by atoms with E-state index < -0.39 is 0 Å². The monoisotopic (exact) mass is 288 g/mol. The highest BCUT2D eigenvalue weighted by Gasteiger charge is 2.35. The summed E-state index contributed by atoms with van der Waals surface area (Å²) in [6, 6.07) is 7.55. The quantitative estimate of drug-likeness (QED) is 0.795. The smallest absolute Gasteiger partial charge is 0.167 e. The number of hydrogen-bond acceptors (Lipinski definition) is 2. The first-order valence-corrected chi connectivity index (χ1v) is 7.13. The van der Waals surface area contributed by atoms with E-state index in [1.165, 1.54) is 0 Å². The van der Waals surface area contributed by atoms with E-state index >= 15 is 0 Å². The van der Waals surface area contributed by atoms with Gasteiger partial charge >= 0.3 is 0 Å². The SMILES string of the molecule is Cc1nn(-c2ccc(Cl)cc2)c2c1C(=O)CC(C)(C)C2. The van der Waals surface area contributed by atoms with E-state index in [1.807, 2.05) is 35.9 Å². The summed E-state index contributed by atoms with van der Waals surface area (Å²) in [4.78, 5) is 12.3. The zero-order valence-electron chi connectivity index (χ0n) is 11.9. The number of carbonyl (C=O) groups excluding carboxylic acids is 1. The van der Waals surface area contributed by atoms with Crippen molar-refractivity contribution in [3.63, 3.8) is 0 Å². The van der Waals surface area contributed by atoms with Crippen molar-refractivity contribution in [2.75, 3.05) is 0 Å². The minimum atomic E-state index is -0.0132. The Morgan fingerprint density at radius 2 is 1.85 bits per heavy atom. The summed E-state index contributed by atoms with van der Waals surface area (Å²) in [6.07, 6.45) is 1.45. The average molecular weight is 289 g/mol. The Morgan fingerprint density at radius 3 is 2.50 bits per heavy atom. The van der Waals surface area contributed by atoms with Crippen molar-refractivity contribution in [2.45, 2.75) is 33.6 Å². The van der Waals surface area contributed by atoms with Crippen LogP contribution in [0.5, 0.6) is 0 Å². The van der Waals surface area contributed by atoms with Gasteiger partial charge in [-0.05, 0) is 43.0 Å².